The molecule has 3 rings (SSSR count). The third kappa shape index (κ3) is 6.71. The molecule has 0 saturated heterocycles. The number of anilines is 1. The number of hydrogen-bond donors (Lipinski definition) is 1. The maximum absolute atomic E-state index is 13.4. The van der Waals surface area contributed by atoms with E-state index in [9.17, 15) is 13.2 Å². The lowest BCUT2D eigenvalue weighted by atomic mass is 10.0. The van der Waals surface area contributed by atoms with Gasteiger partial charge in [0.15, 0.2) is 0 Å². The summed E-state index contributed by atoms with van der Waals surface area (Å²) < 4.78 is 27.8. The summed E-state index contributed by atoms with van der Waals surface area (Å²) >= 11 is 18.1. The zero-order valence-electron chi connectivity index (χ0n) is 18.1. The highest BCUT2D eigenvalue weighted by atomic mass is 35.5. The summed E-state index contributed by atoms with van der Waals surface area (Å²) in [6.45, 7) is 3.64. The molecule has 33 heavy (non-hydrogen) atoms. The third-order valence-electron chi connectivity index (χ3n) is 4.99. The van der Waals surface area contributed by atoms with Crippen molar-refractivity contribution in [3.05, 3.63) is 92.9 Å². The van der Waals surface area contributed by atoms with Gasteiger partial charge in [0.25, 0.3) is 0 Å². The van der Waals surface area contributed by atoms with Crippen molar-refractivity contribution in [3.8, 4) is 0 Å². The number of nitrogens with zero attached hydrogens (tertiary/aromatic N) is 1. The summed E-state index contributed by atoms with van der Waals surface area (Å²) in [5, 5.41) is 3.90. The van der Waals surface area contributed by atoms with Crippen LogP contribution >= 0.6 is 34.8 Å². The molecule has 0 fully saturated rings. The Bertz CT molecular complexity index is 1230. The van der Waals surface area contributed by atoms with Gasteiger partial charge < -0.3 is 5.32 Å². The molecule has 0 radical (unpaired) electrons. The van der Waals surface area contributed by atoms with Crippen molar-refractivity contribution >= 4 is 56.4 Å². The second kappa shape index (κ2) is 10.9. The Labute approximate surface area is 209 Å². The van der Waals surface area contributed by atoms with E-state index in [-0.39, 0.29) is 11.4 Å². The van der Waals surface area contributed by atoms with Crippen LogP contribution in [0.3, 0.4) is 0 Å². The number of carbonyl (C=O) groups is 1. The number of benzene rings is 3. The molecule has 3 aromatic carbocycles. The van der Waals surface area contributed by atoms with Gasteiger partial charge in [-0.25, -0.2) is 8.42 Å². The Kier molecular flexibility index (Phi) is 8.43. The fourth-order valence-corrected chi connectivity index (χ4v) is 5.10. The number of amides is 1. The first-order valence-corrected chi connectivity index (χ1v) is 12.7. The predicted molar refractivity (Wildman–Crippen MR) is 135 cm³/mol. The summed E-state index contributed by atoms with van der Waals surface area (Å²) in [5.41, 5.74) is 2.24. The molecule has 0 saturated carbocycles. The zero-order valence-corrected chi connectivity index (χ0v) is 21.1. The van der Waals surface area contributed by atoms with Gasteiger partial charge in [-0.05, 0) is 65.6 Å². The second-order valence-corrected chi connectivity index (χ2v) is 11.0. The van der Waals surface area contributed by atoms with Crippen LogP contribution in [0.5, 0.6) is 0 Å². The van der Waals surface area contributed by atoms with E-state index >= 15 is 0 Å². The first kappa shape index (κ1) is 25.5. The fourth-order valence-electron chi connectivity index (χ4n) is 3.13. The summed E-state index contributed by atoms with van der Waals surface area (Å²) in [5.74, 6) is -0.117. The number of halogens is 3. The standard InChI is InChI=1S/C24H23Cl3N2O3S/c1-16(2)17-4-9-21(10-5-17)28-24(30)15-29(14-18-3-6-20(26)13-23(18)27)33(31,32)22-11-7-19(25)8-12-22/h3-13,16H,14-15H2,1-2H3,(H,28,30). The van der Waals surface area contributed by atoms with Crippen LogP contribution in [0.4, 0.5) is 5.69 Å². The number of rotatable bonds is 8. The SMILES string of the molecule is CC(C)c1ccc(NC(=O)CN(Cc2ccc(Cl)cc2Cl)S(=O)(=O)c2ccc(Cl)cc2)cc1. The summed E-state index contributed by atoms with van der Waals surface area (Å²) in [7, 11) is -4.03. The van der Waals surface area contributed by atoms with E-state index < -0.39 is 22.5 Å². The van der Waals surface area contributed by atoms with Crippen molar-refractivity contribution in [2.45, 2.75) is 31.2 Å². The van der Waals surface area contributed by atoms with E-state index in [1.54, 1.807) is 24.3 Å². The van der Waals surface area contributed by atoms with E-state index in [4.69, 9.17) is 34.8 Å². The van der Waals surface area contributed by atoms with E-state index in [1.165, 1.54) is 30.3 Å². The summed E-state index contributed by atoms with van der Waals surface area (Å²) in [6, 6.07) is 18.0. The van der Waals surface area contributed by atoms with Gasteiger partial charge in [-0.3, -0.25) is 4.79 Å². The molecule has 1 amide bonds. The van der Waals surface area contributed by atoms with E-state index in [0.717, 1.165) is 9.87 Å². The number of hydrogen-bond acceptors (Lipinski definition) is 3. The van der Waals surface area contributed by atoms with Crippen LogP contribution in [0.25, 0.3) is 0 Å². The number of nitrogens with one attached hydrogen (secondary N) is 1. The summed E-state index contributed by atoms with van der Waals surface area (Å²) in [6.07, 6.45) is 0. The van der Waals surface area contributed by atoms with Gasteiger partial charge in [0.05, 0.1) is 11.4 Å². The largest absolute Gasteiger partial charge is 0.325 e. The molecule has 0 unspecified atom stereocenters. The highest BCUT2D eigenvalue weighted by molar-refractivity contribution is 7.89. The van der Waals surface area contributed by atoms with Crippen LogP contribution in [0.2, 0.25) is 15.1 Å². The Morgan fingerprint density at radius 3 is 2.09 bits per heavy atom. The average Bonchev–Trinajstić information content (AvgIpc) is 2.75. The topological polar surface area (TPSA) is 66.5 Å². The van der Waals surface area contributed by atoms with Crippen LogP contribution in [-0.2, 0) is 21.4 Å². The van der Waals surface area contributed by atoms with Gasteiger partial charge in [-0.15, -0.1) is 0 Å². The highest BCUT2D eigenvalue weighted by Crippen LogP contribution is 2.26. The van der Waals surface area contributed by atoms with Gasteiger partial charge in [0.2, 0.25) is 15.9 Å². The normalized spacial score (nSPS) is 11.7. The Morgan fingerprint density at radius 1 is 0.909 bits per heavy atom. The van der Waals surface area contributed by atoms with Crippen molar-refractivity contribution in [3.63, 3.8) is 0 Å². The Hall–Kier alpha value is -2.09. The van der Waals surface area contributed by atoms with Gasteiger partial charge in [-0.2, -0.15) is 4.31 Å². The van der Waals surface area contributed by atoms with Gasteiger partial charge >= 0.3 is 0 Å². The van der Waals surface area contributed by atoms with Crippen molar-refractivity contribution < 1.29 is 13.2 Å². The fraction of sp³-hybridized carbons (Fsp3) is 0.208. The molecular formula is C24H23Cl3N2O3S. The maximum Gasteiger partial charge on any atom is 0.243 e. The Morgan fingerprint density at radius 2 is 1.52 bits per heavy atom. The van der Waals surface area contributed by atoms with Crippen molar-refractivity contribution in [2.75, 3.05) is 11.9 Å². The maximum atomic E-state index is 13.4. The van der Waals surface area contributed by atoms with E-state index in [0.29, 0.717) is 32.2 Å². The van der Waals surface area contributed by atoms with Crippen LogP contribution in [-0.4, -0.2) is 25.2 Å². The van der Waals surface area contributed by atoms with Crippen LogP contribution < -0.4 is 5.32 Å². The molecule has 1 N–H and O–H groups in total. The Balaban J connectivity index is 1.87. The first-order valence-electron chi connectivity index (χ1n) is 10.2. The number of carbonyl (C=O) groups excluding carboxylic acids is 1. The minimum atomic E-state index is -4.03. The first-order chi connectivity index (χ1) is 15.6. The van der Waals surface area contributed by atoms with Crippen molar-refractivity contribution in [1.82, 2.24) is 4.31 Å². The second-order valence-electron chi connectivity index (χ2n) is 7.79. The lowest BCUT2D eigenvalue weighted by molar-refractivity contribution is -0.116. The molecule has 174 valence electrons. The molecular weight excluding hydrogens is 503 g/mol. The molecule has 0 aromatic heterocycles. The van der Waals surface area contributed by atoms with Crippen LogP contribution in [0.1, 0.15) is 30.9 Å². The van der Waals surface area contributed by atoms with Gasteiger partial charge in [0, 0.05) is 27.3 Å². The quantitative estimate of drug-likeness (QED) is 0.360. The lowest BCUT2D eigenvalue weighted by Crippen LogP contribution is -2.37. The van der Waals surface area contributed by atoms with Crippen molar-refractivity contribution in [2.24, 2.45) is 0 Å². The number of sulfonamides is 1. The molecule has 0 bridgehead atoms. The molecule has 3 aromatic rings. The van der Waals surface area contributed by atoms with Crippen molar-refractivity contribution in [1.29, 1.82) is 0 Å². The molecule has 0 spiro atoms. The minimum Gasteiger partial charge on any atom is -0.325 e. The van der Waals surface area contributed by atoms with E-state index in [2.05, 4.69) is 19.2 Å². The molecule has 0 aliphatic carbocycles. The smallest absolute Gasteiger partial charge is 0.243 e. The molecule has 0 atom stereocenters. The summed E-state index contributed by atoms with van der Waals surface area (Å²) in [4.78, 5) is 12.8. The molecule has 5 nitrogen and oxygen atoms in total. The molecule has 0 aliphatic rings. The zero-order chi connectivity index (χ0) is 24.2. The monoisotopic (exact) mass is 524 g/mol. The van der Waals surface area contributed by atoms with Crippen LogP contribution in [0.15, 0.2) is 71.6 Å². The predicted octanol–water partition coefficient (Wildman–Crippen LogP) is 6.60. The molecule has 0 heterocycles. The minimum absolute atomic E-state index is 0.0195. The highest BCUT2D eigenvalue weighted by Gasteiger charge is 2.27. The van der Waals surface area contributed by atoms with Gasteiger partial charge in [0.1, 0.15) is 0 Å². The third-order valence-corrected chi connectivity index (χ3v) is 7.64. The average molecular weight is 526 g/mol. The van der Waals surface area contributed by atoms with E-state index in [1.807, 2.05) is 12.1 Å². The molecule has 9 heteroatoms. The van der Waals surface area contributed by atoms with Crippen LogP contribution in [0, 0.1) is 0 Å². The lowest BCUT2D eigenvalue weighted by Gasteiger charge is -2.22. The van der Waals surface area contributed by atoms with Gasteiger partial charge in [-0.1, -0.05) is 66.8 Å². The molecule has 0 aliphatic heterocycles.